The molecule has 1 aliphatic rings. The predicted molar refractivity (Wildman–Crippen MR) is 90.6 cm³/mol. The highest BCUT2D eigenvalue weighted by molar-refractivity contribution is 5.79. The number of hydrogen-bond donors (Lipinski definition) is 1. The molecule has 0 aromatic heterocycles. The number of hydrogen-bond acceptors (Lipinski definition) is 4. The van der Waals surface area contributed by atoms with Crippen molar-refractivity contribution in [3.63, 3.8) is 0 Å². The Labute approximate surface area is 138 Å². The lowest BCUT2D eigenvalue weighted by Crippen LogP contribution is -2.44. The SMILES string of the molecule is CCN(CC)C(=O)C1CCCN(Cc2ccc(O)c(OC)c2)C1. The topological polar surface area (TPSA) is 53.0 Å². The zero-order valence-corrected chi connectivity index (χ0v) is 14.4. The van der Waals surface area contributed by atoms with Crippen LogP contribution in [0.25, 0.3) is 0 Å². The van der Waals surface area contributed by atoms with Gasteiger partial charge in [0.1, 0.15) is 0 Å². The van der Waals surface area contributed by atoms with Gasteiger partial charge in [-0.1, -0.05) is 6.07 Å². The molecule has 1 N–H and O–H groups in total. The Bertz CT molecular complexity index is 529. The molecular formula is C18H28N2O3. The van der Waals surface area contributed by atoms with Crippen LogP contribution in [0.5, 0.6) is 11.5 Å². The highest BCUT2D eigenvalue weighted by Crippen LogP contribution is 2.28. The lowest BCUT2D eigenvalue weighted by molar-refractivity contribution is -0.137. The van der Waals surface area contributed by atoms with E-state index in [9.17, 15) is 9.90 Å². The van der Waals surface area contributed by atoms with Crippen LogP contribution in [-0.2, 0) is 11.3 Å². The second-order valence-electron chi connectivity index (χ2n) is 6.09. The van der Waals surface area contributed by atoms with Crippen molar-refractivity contribution in [3.8, 4) is 11.5 Å². The van der Waals surface area contributed by atoms with Crippen LogP contribution in [-0.4, -0.2) is 54.1 Å². The van der Waals surface area contributed by atoms with Crippen LogP contribution in [0.4, 0.5) is 0 Å². The van der Waals surface area contributed by atoms with Gasteiger partial charge in [-0.15, -0.1) is 0 Å². The third-order valence-corrected chi connectivity index (χ3v) is 4.58. The van der Waals surface area contributed by atoms with Crippen molar-refractivity contribution in [1.82, 2.24) is 9.80 Å². The average molecular weight is 320 g/mol. The second kappa shape index (κ2) is 8.20. The molecular weight excluding hydrogens is 292 g/mol. The van der Waals surface area contributed by atoms with Gasteiger partial charge in [0.2, 0.25) is 5.91 Å². The summed E-state index contributed by atoms with van der Waals surface area (Å²) in [5, 5.41) is 9.68. The average Bonchev–Trinajstić information content (AvgIpc) is 2.58. The summed E-state index contributed by atoms with van der Waals surface area (Å²) >= 11 is 0. The Kier molecular flexibility index (Phi) is 6.28. The number of nitrogens with zero attached hydrogens (tertiary/aromatic N) is 2. The summed E-state index contributed by atoms with van der Waals surface area (Å²) < 4.78 is 5.17. The largest absolute Gasteiger partial charge is 0.504 e. The van der Waals surface area contributed by atoms with Crippen LogP contribution in [0, 0.1) is 5.92 Å². The number of carbonyl (C=O) groups is 1. The maximum absolute atomic E-state index is 12.5. The van der Waals surface area contributed by atoms with Crippen LogP contribution in [0.3, 0.4) is 0 Å². The number of ether oxygens (including phenoxy) is 1. The zero-order chi connectivity index (χ0) is 16.8. The highest BCUT2D eigenvalue weighted by Gasteiger charge is 2.28. The lowest BCUT2D eigenvalue weighted by atomic mass is 9.96. The lowest BCUT2D eigenvalue weighted by Gasteiger charge is -2.34. The van der Waals surface area contributed by atoms with Crippen molar-refractivity contribution in [2.45, 2.75) is 33.2 Å². The monoisotopic (exact) mass is 320 g/mol. The van der Waals surface area contributed by atoms with Crippen molar-refractivity contribution in [1.29, 1.82) is 0 Å². The molecule has 1 fully saturated rings. The fraction of sp³-hybridized carbons (Fsp3) is 0.611. The number of rotatable bonds is 6. The number of aromatic hydroxyl groups is 1. The number of phenolic OH excluding ortho intramolecular Hbond substituents is 1. The molecule has 5 nitrogen and oxygen atoms in total. The van der Waals surface area contributed by atoms with Crippen LogP contribution >= 0.6 is 0 Å². The van der Waals surface area contributed by atoms with Gasteiger partial charge in [0, 0.05) is 26.2 Å². The first kappa shape index (κ1) is 17.6. The van der Waals surface area contributed by atoms with Crippen LogP contribution in [0.1, 0.15) is 32.3 Å². The first-order valence-electron chi connectivity index (χ1n) is 8.46. The smallest absolute Gasteiger partial charge is 0.226 e. The van der Waals surface area contributed by atoms with E-state index < -0.39 is 0 Å². The van der Waals surface area contributed by atoms with E-state index in [4.69, 9.17) is 4.74 Å². The summed E-state index contributed by atoms with van der Waals surface area (Å²) in [7, 11) is 1.55. The molecule has 1 aromatic rings. The number of phenols is 1. The van der Waals surface area contributed by atoms with E-state index in [-0.39, 0.29) is 17.6 Å². The molecule has 1 aromatic carbocycles. The Morgan fingerprint density at radius 1 is 1.39 bits per heavy atom. The molecule has 1 aliphatic heterocycles. The molecule has 5 heteroatoms. The minimum atomic E-state index is 0.0997. The van der Waals surface area contributed by atoms with Gasteiger partial charge in [0.15, 0.2) is 11.5 Å². The predicted octanol–water partition coefficient (Wildman–Crippen LogP) is 2.48. The molecule has 128 valence electrons. The van der Waals surface area contributed by atoms with Crippen LogP contribution in [0.15, 0.2) is 18.2 Å². The van der Waals surface area contributed by atoms with Crippen molar-refractivity contribution in [2.75, 3.05) is 33.3 Å². The van der Waals surface area contributed by atoms with Crippen molar-refractivity contribution >= 4 is 5.91 Å². The number of carbonyl (C=O) groups excluding carboxylic acids is 1. The first-order valence-corrected chi connectivity index (χ1v) is 8.46. The fourth-order valence-electron chi connectivity index (χ4n) is 3.27. The van der Waals surface area contributed by atoms with Gasteiger partial charge in [-0.3, -0.25) is 9.69 Å². The summed E-state index contributed by atoms with van der Waals surface area (Å²) in [6.45, 7) is 8.21. The molecule has 1 saturated heterocycles. The van der Waals surface area contributed by atoms with E-state index in [0.717, 1.165) is 51.1 Å². The molecule has 0 bridgehead atoms. The number of piperidine rings is 1. The summed E-state index contributed by atoms with van der Waals surface area (Å²) in [5.41, 5.74) is 1.09. The summed E-state index contributed by atoms with van der Waals surface area (Å²) in [6.07, 6.45) is 2.03. The van der Waals surface area contributed by atoms with Gasteiger partial charge in [-0.2, -0.15) is 0 Å². The maximum Gasteiger partial charge on any atom is 0.226 e. The first-order chi connectivity index (χ1) is 11.1. The number of benzene rings is 1. The fourth-order valence-corrected chi connectivity index (χ4v) is 3.27. The third kappa shape index (κ3) is 4.38. The minimum Gasteiger partial charge on any atom is -0.504 e. The number of methoxy groups -OCH3 is 1. The van der Waals surface area contributed by atoms with Gasteiger partial charge >= 0.3 is 0 Å². The normalized spacial score (nSPS) is 18.7. The molecule has 0 saturated carbocycles. The summed E-state index contributed by atoms with van der Waals surface area (Å²) in [4.78, 5) is 16.8. The molecule has 2 rings (SSSR count). The molecule has 1 unspecified atom stereocenters. The Morgan fingerprint density at radius 3 is 2.78 bits per heavy atom. The molecule has 1 atom stereocenters. The zero-order valence-electron chi connectivity index (χ0n) is 14.4. The van der Waals surface area contributed by atoms with E-state index in [0.29, 0.717) is 5.75 Å². The number of likely N-dealkylation sites (tertiary alicyclic amines) is 1. The van der Waals surface area contributed by atoms with Gasteiger partial charge in [0.05, 0.1) is 13.0 Å². The highest BCUT2D eigenvalue weighted by atomic mass is 16.5. The summed E-state index contributed by atoms with van der Waals surface area (Å²) in [5.74, 6) is 1.03. The molecule has 23 heavy (non-hydrogen) atoms. The van der Waals surface area contributed by atoms with E-state index in [2.05, 4.69) is 4.90 Å². The second-order valence-corrected chi connectivity index (χ2v) is 6.09. The van der Waals surface area contributed by atoms with Gasteiger partial charge in [0.25, 0.3) is 0 Å². The van der Waals surface area contributed by atoms with Gasteiger partial charge in [-0.05, 0) is 50.9 Å². The van der Waals surface area contributed by atoms with Crippen molar-refractivity contribution in [3.05, 3.63) is 23.8 Å². The van der Waals surface area contributed by atoms with Gasteiger partial charge < -0.3 is 14.7 Å². The van der Waals surface area contributed by atoms with Crippen LogP contribution in [0.2, 0.25) is 0 Å². The molecule has 0 spiro atoms. The van der Waals surface area contributed by atoms with Crippen molar-refractivity contribution < 1.29 is 14.6 Å². The quantitative estimate of drug-likeness (QED) is 0.875. The molecule has 1 amide bonds. The Morgan fingerprint density at radius 2 is 2.13 bits per heavy atom. The Hall–Kier alpha value is -1.75. The molecule has 1 heterocycles. The van der Waals surface area contributed by atoms with E-state index in [1.807, 2.05) is 30.9 Å². The third-order valence-electron chi connectivity index (χ3n) is 4.58. The standard InChI is InChI=1S/C18H28N2O3/c1-4-20(5-2)18(22)15-7-6-10-19(13-15)12-14-8-9-16(21)17(11-14)23-3/h8-9,11,15,21H,4-7,10,12-13H2,1-3H3. The van der Waals surface area contributed by atoms with Crippen molar-refractivity contribution in [2.24, 2.45) is 5.92 Å². The van der Waals surface area contributed by atoms with Gasteiger partial charge in [-0.25, -0.2) is 0 Å². The van der Waals surface area contributed by atoms with E-state index in [1.54, 1.807) is 13.2 Å². The van der Waals surface area contributed by atoms with Crippen LogP contribution < -0.4 is 4.74 Å². The number of amides is 1. The Balaban J connectivity index is 2.00. The minimum absolute atomic E-state index is 0.0997. The maximum atomic E-state index is 12.5. The molecule has 0 radical (unpaired) electrons. The summed E-state index contributed by atoms with van der Waals surface area (Å²) in [6, 6.07) is 5.44. The van der Waals surface area contributed by atoms with E-state index in [1.165, 1.54) is 0 Å². The molecule has 0 aliphatic carbocycles. The van der Waals surface area contributed by atoms with E-state index >= 15 is 0 Å².